The van der Waals surface area contributed by atoms with Gasteiger partial charge < -0.3 is 0 Å². The molecule has 0 saturated heterocycles. The van der Waals surface area contributed by atoms with Crippen LogP contribution in [0.15, 0.2) is 35.2 Å². The van der Waals surface area contributed by atoms with Crippen LogP contribution in [0.25, 0.3) is 0 Å². The van der Waals surface area contributed by atoms with E-state index in [0.717, 1.165) is 12.1 Å². The van der Waals surface area contributed by atoms with Gasteiger partial charge in [-0.1, -0.05) is 18.2 Å². The van der Waals surface area contributed by atoms with Crippen LogP contribution in [-0.4, -0.2) is 25.6 Å². The van der Waals surface area contributed by atoms with Gasteiger partial charge in [0.1, 0.15) is 0 Å². The molecule has 19 heavy (non-hydrogen) atoms. The molecule has 0 spiro atoms. The quantitative estimate of drug-likeness (QED) is 0.852. The third-order valence-electron chi connectivity index (χ3n) is 2.32. The first-order chi connectivity index (χ1) is 8.36. The summed E-state index contributed by atoms with van der Waals surface area (Å²) in [6.45, 7) is 0. The van der Waals surface area contributed by atoms with E-state index >= 15 is 0 Å². The highest BCUT2D eigenvalue weighted by atomic mass is 32.2. The molecule has 2 N–H and O–H groups in total. The van der Waals surface area contributed by atoms with Gasteiger partial charge in [0, 0.05) is 0 Å². The smallest absolute Gasteiger partial charge is 0.297 e. The minimum absolute atomic E-state index is 0.606. The minimum atomic E-state index is -6.21. The van der Waals surface area contributed by atoms with Crippen LogP contribution < -0.4 is 5.73 Å². The lowest BCUT2D eigenvalue weighted by molar-refractivity contribution is -0.265. The van der Waals surface area contributed by atoms with Gasteiger partial charge in [0.05, 0.1) is 4.90 Å². The fourth-order valence-corrected chi connectivity index (χ4v) is 2.75. The summed E-state index contributed by atoms with van der Waals surface area (Å²) in [5.41, 5.74) is 4.22. The first-order valence-electron chi connectivity index (χ1n) is 4.57. The highest BCUT2D eigenvalue weighted by molar-refractivity contribution is 7.93. The zero-order valence-electron chi connectivity index (χ0n) is 8.96. The fraction of sp³-hybridized carbons (Fsp3) is 0.333. The van der Waals surface area contributed by atoms with Crippen molar-refractivity contribution >= 4 is 9.84 Å². The maximum Gasteiger partial charge on any atom is 0.430 e. The van der Waals surface area contributed by atoms with E-state index in [0.29, 0.717) is 12.1 Å². The Kier molecular flexibility index (Phi) is 3.63. The Hall–Kier alpha value is -1.29. The SMILES string of the molecule is NC(C(F)(F)F)(C(F)(F)F)S(=O)(=O)c1ccccc1. The molecule has 0 unspecified atom stereocenters. The molecule has 3 nitrogen and oxygen atoms in total. The van der Waals surface area contributed by atoms with Crippen molar-refractivity contribution in [1.29, 1.82) is 0 Å². The first-order valence-corrected chi connectivity index (χ1v) is 6.06. The summed E-state index contributed by atoms with van der Waals surface area (Å²) in [5.74, 6) is 0. The maximum absolute atomic E-state index is 12.6. The van der Waals surface area contributed by atoms with E-state index in [1.54, 1.807) is 0 Å². The Morgan fingerprint density at radius 3 is 1.53 bits per heavy atom. The zero-order chi connectivity index (χ0) is 15.1. The molecule has 0 atom stereocenters. The molecule has 0 bridgehead atoms. The number of sulfone groups is 1. The summed E-state index contributed by atoms with van der Waals surface area (Å²) in [4.78, 5) is -6.51. The van der Waals surface area contributed by atoms with Gasteiger partial charge >= 0.3 is 17.2 Å². The Morgan fingerprint density at radius 1 is 0.842 bits per heavy atom. The van der Waals surface area contributed by atoms with Gasteiger partial charge in [-0.15, -0.1) is 0 Å². The predicted octanol–water partition coefficient (Wildman–Crippen LogP) is 2.24. The lowest BCUT2D eigenvalue weighted by Gasteiger charge is -2.32. The highest BCUT2D eigenvalue weighted by Gasteiger charge is 2.76. The van der Waals surface area contributed by atoms with Crippen LogP contribution in [0.3, 0.4) is 0 Å². The second kappa shape index (κ2) is 4.37. The second-order valence-corrected chi connectivity index (χ2v) is 5.67. The van der Waals surface area contributed by atoms with Crippen LogP contribution in [0.2, 0.25) is 0 Å². The summed E-state index contributed by atoms with van der Waals surface area (Å²) in [6, 6.07) is 4.42. The van der Waals surface area contributed by atoms with Gasteiger partial charge in [-0.3, -0.25) is 5.73 Å². The molecule has 1 aromatic carbocycles. The van der Waals surface area contributed by atoms with Gasteiger partial charge in [0.2, 0.25) is 9.84 Å². The lowest BCUT2D eigenvalue weighted by atomic mass is 10.3. The van der Waals surface area contributed by atoms with E-state index < -0.39 is 32.0 Å². The van der Waals surface area contributed by atoms with Crippen molar-refractivity contribution in [2.75, 3.05) is 0 Å². The van der Waals surface area contributed by atoms with Gasteiger partial charge in [0.25, 0.3) is 0 Å². The van der Waals surface area contributed by atoms with Crippen LogP contribution in [0.5, 0.6) is 0 Å². The molecule has 0 aliphatic heterocycles. The van der Waals surface area contributed by atoms with Crippen molar-refractivity contribution in [1.82, 2.24) is 0 Å². The molecule has 0 radical (unpaired) electrons. The van der Waals surface area contributed by atoms with Crippen molar-refractivity contribution in [3.05, 3.63) is 30.3 Å². The number of halogens is 6. The molecule has 0 aromatic heterocycles. The average Bonchev–Trinajstić information content (AvgIpc) is 2.26. The molecule has 1 rings (SSSR count). The Labute approximate surface area is 103 Å². The maximum atomic E-state index is 12.6. The van der Waals surface area contributed by atoms with Crippen LogP contribution >= 0.6 is 0 Å². The van der Waals surface area contributed by atoms with E-state index in [9.17, 15) is 34.8 Å². The van der Waals surface area contributed by atoms with Gasteiger partial charge in [0.15, 0.2) is 0 Å². The highest BCUT2D eigenvalue weighted by Crippen LogP contribution is 2.46. The molecule has 0 aliphatic carbocycles. The van der Waals surface area contributed by atoms with Crippen molar-refractivity contribution in [3.63, 3.8) is 0 Å². The van der Waals surface area contributed by atoms with E-state index in [1.807, 2.05) is 0 Å². The van der Waals surface area contributed by atoms with E-state index in [-0.39, 0.29) is 0 Å². The topological polar surface area (TPSA) is 60.2 Å². The normalized spacial score (nSPS) is 14.5. The van der Waals surface area contributed by atoms with Crippen LogP contribution in [0, 0.1) is 0 Å². The molecular formula is C9H7F6NO2S. The molecular weight excluding hydrogens is 300 g/mol. The molecule has 108 valence electrons. The standard InChI is InChI=1S/C9H7F6NO2S/c10-8(11,12)7(16,9(13,14)15)19(17,18)6-4-2-1-3-5-6/h1-5H,16H2. The van der Waals surface area contributed by atoms with Gasteiger partial charge in [-0.2, -0.15) is 26.3 Å². The van der Waals surface area contributed by atoms with Crippen molar-refractivity contribution < 1.29 is 34.8 Å². The molecule has 0 fully saturated rings. The summed E-state index contributed by atoms with van der Waals surface area (Å²) in [7, 11) is -5.89. The molecule has 0 heterocycles. The van der Waals surface area contributed by atoms with Crippen molar-refractivity contribution in [2.45, 2.75) is 22.1 Å². The Balaban J connectivity index is 3.62. The Morgan fingerprint density at radius 2 is 1.21 bits per heavy atom. The number of hydrogen-bond acceptors (Lipinski definition) is 3. The van der Waals surface area contributed by atoms with Crippen LogP contribution in [0.4, 0.5) is 26.3 Å². The zero-order valence-corrected chi connectivity index (χ0v) is 9.77. The average molecular weight is 307 g/mol. The summed E-state index contributed by atoms with van der Waals surface area (Å²) in [5, 5.41) is 0. The number of rotatable bonds is 2. The predicted molar refractivity (Wildman–Crippen MR) is 52.7 cm³/mol. The number of hydrogen-bond donors (Lipinski definition) is 1. The molecule has 0 amide bonds. The van der Waals surface area contributed by atoms with Crippen molar-refractivity contribution in [3.8, 4) is 0 Å². The monoisotopic (exact) mass is 307 g/mol. The molecule has 1 aromatic rings. The third-order valence-corrected chi connectivity index (χ3v) is 4.52. The van der Waals surface area contributed by atoms with E-state index in [1.165, 1.54) is 6.07 Å². The summed E-state index contributed by atoms with van der Waals surface area (Å²) < 4.78 is 98.5. The number of alkyl halides is 6. The van der Waals surface area contributed by atoms with E-state index in [2.05, 4.69) is 5.73 Å². The van der Waals surface area contributed by atoms with Gasteiger partial charge in [-0.25, -0.2) is 8.42 Å². The van der Waals surface area contributed by atoms with Crippen LogP contribution in [0.1, 0.15) is 0 Å². The van der Waals surface area contributed by atoms with Crippen molar-refractivity contribution in [2.24, 2.45) is 5.73 Å². The summed E-state index contributed by atoms with van der Waals surface area (Å²) in [6.07, 6.45) is -12.4. The molecule has 10 heteroatoms. The number of benzene rings is 1. The molecule has 0 aliphatic rings. The summed E-state index contributed by atoms with van der Waals surface area (Å²) >= 11 is 0. The van der Waals surface area contributed by atoms with Crippen LogP contribution in [-0.2, 0) is 9.84 Å². The second-order valence-electron chi connectivity index (χ2n) is 3.55. The number of nitrogens with two attached hydrogens (primary N) is 1. The molecule has 0 saturated carbocycles. The van der Waals surface area contributed by atoms with E-state index in [4.69, 9.17) is 0 Å². The minimum Gasteiger partial charge on any atom is -0.297 e. The first kappa shape index (κ1) is 15.8. The lowest BCUT2D eigenvalue weighted by Crippen LogP contribution is -2.68. The fourth-order valence-electron chi connectivity index (χ4n) is 1.25. The van der Waals surface area contributed by atoms with Gasteiger partial charge in [-0.05, 0) is 12.1 Å². The third kappa shape index (κ3) is 2.29. The Bertz CT molecular complexity index is 534. The largest absolute Gasteiger partial charge is 0.430 e.